The number of hydrogen-bond donors (Lipinski definition) is 2. The second-order valence-corrected chi connectivity index (χ2v) is 5.81. The zero-order chi connectivity index (χ0) is 14.5. The van der Waals surface area contributed by atoms with Crippen molar-refractivity contribution in [3.63, 3.8) is 0 Å². The minimum atomic E-state index is -0.337. The van der Waals surface area contributed by atoms with Gasteiger partial charge in [0, 0.05) is 9.45 Å². The Morgan fingerprint density at radius 2 is 1.95 bits per heavy atom. The number of phenolic OH excluding ortho intramolecular Hbond substituents is 1. The molecule has 3 nitrogen and oxygen atoms in total. The van der Waals surface area contributed by atoms with E-state index >= 15 is 0 Å². The number of carbonyl (C=O) groups excluding carboxylic acids is 1. The van der Waals surface area contributed by atoms with E-state index in [-0.39, 0.29) is 29.1 Å². The average Bonchev–Trinajstić information content (AvgIpc) is 2.48. The summed E-state index contributed by atoms with van der Waals surface area (Å²) < 4.78 is 0.882. The van der Waals surface area contributed by atoms with Crippen molar-refractivity contribution in [2.45, 2.75) is 6.04 Å². The Bertz CT molecular complexity index is 604. The topological polar surface area (TPSA) is 49.3 Å². The van der Waals surface area contributed by atoms with Crippen molar-refractivity contribution in [2.24, 2.45) is 0 Å². The zero-order valence-corrected chi connectivity index (χ0v) is 13.4. The van der Waals surface area contributed by atoms with Gasteiger partial charge in [0.1, 0.15) is 5.75 Å². The van der Waals surface area contributed by atoms with Crippen molar-refractivity contribution >= 4 is 40.1 Å². The number of benzene rings is 2. The smallest absolute Gasteiger partial charge is 0.255 e. The molecule has 2 aromatic carbocycles. The third-order valence-corrected chi connectivity index (χ3v) is 3.84. The Balaban J connectivity index is 2.20. The molecule has 0 saturated carbocycles. The van der Waals surface area contributed by atoms with Gasteiger partial charge in [0.2, 0.25) is 0 Å². The Morgan fingerprint density at radius 1 is 1.25 bits per heavy atom. The summed E-state index contributed by atoms with van der Waals surface area (Å²) in [4.78, 5) is 12.2. The summed E-state index contributed by atoms with van der Waals surface area (Å²) in [6, 6.07) is 14.1. The van der Waals surface area contributed by atoms with Gasteiger partial charge in [-0.3, -0.25) is 4.79 Å². The van der Waals surface area contributed by atoms with Gasteiger partial charge in [0.05, 0.1) is 11.6 Å². The first-order valence-electron chi connectivity index (χ1n) is 6.02. The Labute approximate surface area is 136 Å². The maximum atomic E-state index is 12.2. The Kier molecular flexibility index (Phi) is 5.25. The van der Waals surface area contributed by atoms with E-state index in [0.717, 1.165) is 9.13 Å². The highest BCUT2D eigenvalue weighted by Gasteiger charge is 2.17. The minimum Gasteiger partial charge on any atom is -0.507 e. The summed E-state index contributed by atoms with van der Waals surface area (Å²) in [6.45, 7) is 0. The van der Waals surface area contributed by atoms with Gasteiger partial charge in [-0.1, -0.05) is 30.3 Å². The van der Waals surface area contributed by atoms with Gasteiger partial charge >= 0.3 is 0 Å². The number of hydrogen-bond acceptors (Lipinski definition) is 2. The van der Waals surface area contributed by atoms with Crippen LogP contribution in [0.3, 0.4) is 0 Å². The lowest BCUT2D eigenvalue weighted by molar-refractivity contribution is 0.0937. The highest BCUT2D eigenvalue weighted by atomic mass is 127. The maximum Gasteiger partial charge on any atom is 0.255 e. The summed E-state index contributed by atoms with van der Waals surface area (Å²) in [5.74, 6) is -0.111. The van der Waals surface area contributed by atoms with Crippen LogP contribution in [0.15, 0.2) is 48.5 Å². The first-order valence-corrected chi connectivity index (χ1v) is 7.63. The second-order valence-electron chi connectivity index (χ2n) is 4.25. The third kappa shape index (κ3) is 3.64. The van der Waals surface area contributed by atoms with Gasteiger partial charge in [-0.2, -0.15) is 0 Å². The highest BCUT2D eigenvalue weighted by molar-refractivity contribution is 14.1. The molecule has 0 bridgehead atoms. The average molecular weight is 402 g/mol. The predicted molar refractivity (Wildman–Crippen MR) is 88.2 cm³/mol. The molecule has 2 aromatic rings. The van der Waals surface area contributed by atoms with E-state index in [2.05, 4.69) is 27.9 Å². The van der Waals surface area contributed by atoms with E-state index in [1.807, 2.05) is 30.3 Å². The van der Waals surface area contributed by atoms with Crippen molar-refractivity contribution < 1.29 is 9.90 Å². The van der Waals surface area contributed by atoms with Crippen LogP contribution in [0.25, 0.3) is 0 Å². The van der Waals surface area contributed by atoms with Crippen molar-refractivity contribution in [2.75, 3.05) is 5.88 Å². The fraction of sp³-hybridized carbons (Fsp3) is 0.133. The summed E-state index contributed by atoms with van der Waals surface area (Å²) in [6.07, 6.45) is 0. The van der Waals surface area contributed by atoms with Gasteiger partial charge in [-0.25, -0.2) is 0 Å². The number of carbonyl (C=O) groups is 1. The van der Waals surface area contributed by atoms with Crippen molar-refractivity contribution in [3.8, 4) is 5.75 Å². The molecule has 0 saturated heterocycles. The molecule has 5 heteroatoms. The summed E-state index contributed by atoms with van der Waals surface area (Å²) in [5, 5.41) is 12.6. The number of aromatic hydroxyl groups is 1. The van der Waals surface area contributed by atoms with E-state index in [4.69, 9.17) is 11.6 Å². The van der Waals surface area contributed by atoms with Crippen LogP contribution in [0.2, 0.25) is 0 Å². The van der Waals surface area contributed by atoms with Crippen LogP contribution < -0.4 is 5.32 Å². The molecule has 0 spiro atoms. The number of nitrogens with one attached hydrogen (secondary N) is 1. The molecule has 0 aromatic heterocycles. The Hall–Kier alpha value is -1.27. The normalized spacial score (nSPS) is 11.9. The number of halogens is 2. The van der Waals surface area contributed by atoms with Gasteiger partial charge in [-0.05, 0) is 46.4 Å². The van der Waals surface area contributed by atoms with Crippen molar-refractivity contribution in [3.05, 3.63) is 63.2 Å². The van der Waals surface area contributed by atoms with Gasteiger partial charge < -0.3 is 10.4 Å². The number of phenols is 1. The van der Waals surface area contributed by atoms with Crippen LogP contribution in [0.1, 0.15) is 22.0 Å². The van der Waals surface area contributed by atoms with Crippen LogP contribution in [0.5, 0.6) is 5.75 Å². The lowest BCUT2D eigenvalue weighted by atomic mass is 10.1. The molecule has 0 heterocycles. The van der Waals surface area contributed by atoms with Gasteiger partial charge in [-0.15, -0.1) is 11.6 Å². The molecule has 1 atom stereocenters. The summed E-state index contributed by atoms with van der Waals surface area (Å²) in [5.41, 5.74) is 1.18. The largest absolute Gasteiger partial charge is 0.507 e. The van der Waals surface area contributed by atoms with Crippen LogP contribution in [-0.2, 0) is 0 Å². The number of amides is 1. The molecule has 1 unspecified atom stereocenters. The zero-order valence-electron chi connectivity index (χ0n) is 10.5. The lowest BCUT2D eigenvalue weighted by Gasteiger charge is -2.17. The van der Waals surface area contributed by atoms with Crippen LogP contribution in [-0.4, -0.2) is 16.9 Å². The SMILES string of the molecule is O=C(NC(CCl)c1ccccc1)c1cc(I)ccc1O. The molecule has 0 radical (unpaired) electrons. The fourth-order valence-electron chi connectivity index (χ4n) is 1.82. The second kappa shape index (κ2) is 6.95. The molecule has 0 fully saturated rings. The number of rotatable bonds is 4. The molecule has 0 aliphatic carbocycles. The summed E-state index contributed by atoms with van der Waals surface area (Å²) in [7, 11) is 0. The quantitative estimate of drug-likeness (QED) is 0.606. The molecule has 2 N–H and O–H groups in total. The molecular weight excluding hydrogens is 389 g/mol. The maximum absolute atomic E-state index is 12.2. The van der Waals surface area contributed by atoms with Crippen molar-refractivity contribution in [1.82, 2.24) is 5.32 Å². The van der Waals surface area contributed by atoms with E-state index in [1.54, 1.807) is 12.1 Å². The molecule has 20 heavy (non-hydrogen) atoms. The predicted octanol–water partition coefficient (Wildman–Crippen LogP) is 3.71. The van der Waals surface area contributed by atoms with Crippen molar-refractivity contribution in [1.29, 1.82) is 0 Å². The van der Waals surface area contributed by atoms with E-state index in [1.165, 1.54) is 6.07 Å². The van der Waals surface area contributed by atoms with E-state index < -0.39 is 0 Å². The minimum absolute atomic E-state index is 0.0377. The first kappa shape index (κ1) is 15.1. The van der Waals surface area contributed by atoms with E-state index in [9.17, 15) is 9.90 Å². The standard InChI is InChI=1S/C15H13ClINO2/c16-9-13(10-4-2-1-3-5-10)18-15(20)12-8-11(17)6-7-14(12)19/h1-8,13,19H,9H2,(H,18,20). The number of alkyl halides is 1. The van der Waals surface area contributed by atoms with Crippen LogP contribution >= 0.6 is 34.2 Å². The molecule has 2 rings (SSSR count). The molecule has 104 valence electrons. The highest BCUT2D eigenvalue weighted by Crippen LogP contribution is 2.21. The molecule has 0 aliphatic heterocycles. The van der Waals surface area contributed by atoms with E-state index in [0.29, 0.717) is 0 Å². The monoisotopic (exact) mass is 401 g/mol. The molecule has 1 amide bonds. The van der Waals surface area contributed by atoms with Gasteiger partial charge in [0.25, 0.3) is 5.91 Å². The lowest BCUT2D eigenvalue weighted by Crippen LogP contribution is -2.29. The van der Waals surface area contributed by atoms with Gasteiger partial charge in [0.15, 0.2) is 0 Å². The third-order valence-electron chi connectivity index (χ3n) is 2.86. The molecular formula is C15H13ClINO2. The first-order chi connectivity index (χ1) is 9.61. The fourth-order valence-corrected chi connectivity index (χ4v) is 2.57. The Morgan fingerprint density at radius 3 is 2.60 bits per heavy atom. The van der Waals surface area contributed by atoms with Crippen LogP contribution in [0.4, 0.5) is 0 Å². The summed E-state index contributed by atoms with van der Waals surface area (Å²) >= 11 is 8.02. The molecule has 0 aliphatic rings. The van der Waals surface area contributed by atoms with Crippen LogP contribution in [0, 0.1) is 3.57 Å².